The Kier molecular flexibility index (Phi) is 2.93. The van der Waals surface area contributed by atoms with Crippen LogP contribution in [0.3, 0.4) is 0 Å². The second-order valence-electron chi connectivity index (χ2n) is 3.71. The van der Waals surface area contributed by atoms with Crippen molar-refractivity contribution in [1.29, 1.82) is 0 Å². The number of hydrogen-bond donors (Lipinski definition) is 1. The number of halogens is 3. The molecule has 0 aliphatic carbocycles. The molecule has 0 saturated carbocycles. The Bertz CT molecular complexity index is 384. The summed E-state index contributed by atoms with van der Waals surface area (Å²) in [5, 5.41) is 0. The maximum atomic E-state index is 13.5. The highest BCUT2D eigenvalue weighted by Gasteiger charge is 2.22. The van der Waals surface area contributed by atoms with Crippen LogP contribution in [0.2, 0.25) is 0 Å². The molecule has 0 radical (unpaired) electrons. The third-order valence-electron chi connectivity index (χ3n) is 2.56. The van der Waals surface area contributed by atoms with Gasteiger partial charge < -0.3 is 10.6 Å². The molecule has 0 amide bonds. The Morgan fingerprint density at radius 1 is 1.33 bits per heavy atom. The topological polar surface area (TPSA) is 29.3 Å². The molecule has 82 valence electrons. The Balaban J connectivity index is 2.32. The minimum Gasteiger partial charge on any atom is -0.368 e. The van der Waals surface area contributed by atoms with Gasteiger partial charge in [0.15, 0.2) is 0 Å². The van der Waals surface area contributed by atoms with E-state index < -0.39 is 11.6 Å². The molecule has 2 rings (SSSR count). The van der Waals surface area contributed by atoms with Crippen LogP contribution in [0.1, 0.15) is 6.42 Å². The smallest absolute Gasteiger partial charge is 0.149 e. The molecule has 0 bridgehead atoms. The van der Waals surface area contributed by atoms with Crippen molar-refractivity contribution in [3.05, 3.63) is 28.2 Å². The Morgan fingerprint density at radius 2 is 2.07 bits per heavy atom. The summed E-state index contributed by atoms with van der Waals surface area (Å²) in [6.45, 7) is 1.34. The normalized spacial score (nSPS) is 21.1. The first-order valence-corrected chi connectivity index (χ1v) is 5.52. The Hall–Kier alpha value is -0.680. The van der Waals surface area contributed by atoms with Crippen LogP contribution in [-0.4, -0.2) is 19.1 Å². The molecule has 1 saturated heterocycles. The summed E-state index contributed by atoms with van der Waals surface area (Å²) in [5.41, 5.74) is 6.14. The van der Waals surface area contributed by atoms with Crippen molar-refractivity contribution in [1.82, 2.24) is 0 Å². The van der Waals surface area contributed by atoms with E-state index in [0.717, 1.165) is 19.0 Å². The fourth-order valence-electron chi connectivity index (χ4n) is 1.76. The van der Waals surface area contributed by atoms with E-state index >= 15 is 0 Å². The van der Waals surface area contributed by atoms with E-state index in [1.54, 1.807) is 0 Å². The molecular weight excluding hydrogens is 266 g/mol. The van der Waals surface area contributed by atoms with E-state index in [1.807, 2.05) is 4.90 Å². The van der Waals surface area contributed by atoms with Crippen LogP contribution in [0, 0.1) is 11.6 Å². The molecule has 2 N–H and O–H groups in total. The van der Waals surface area contributed by atoms with E-state index in [4.69, 9.17) is 5.73 Å². The van der Waals surface area contributed by atoms with Crippen LogP contribution in [0.5, 0.6) is 0 Å². The van der Waals surface area contributed by atoms with Gasteiger partial charge in [0.25, 0.3) is 0 Å². The third-order valence-corrected chi connectivity index (χ3v) is 3.16. The fraction of sp³-hybridized carbons (Fsp3) is 0.400. The Morgan fingerprint density at radius 3 is 2.67 bits per heavy atom. The van der Waals surface area contributed by atoms with Crippen LogP contribution in [0.25, 0.3) is 0 Å². The van der Waals surface area contributed by atoms with Gasteiger partial charge >= 0.3 is 0 Å². The summed E-state index contributed by atoms with van der Waals surface area (Å²) >= 11 is 3.04. The molecule has 5 heteroatoms. The molecule has 1 fully saturated rings. The summed E-state index contributed by atoms with van der Waals surface area (Å²) in [6, 6.07) is 2.43. The molecule has 1 aromatic carbocycles. The van der Waals surface area contributed by atoms with Crippen molar-refractivity contribution in [3.8, 4) is 0 Å². The summed E-state index contributed by atoms with van der Waals surface area (Å²) < 4.78 is 26.7. The lowest BCUT2D eigenvalue weighted by Gasteiger charge is -2.19. The first-order chi connectivity index (χ1) is 7.08. The van der Waals surface area contributed by atoms with Gasteiger partial charge in [-0.3, -0.25) is 0 Å². The van der Waals surface area contributed by atoms with Crippen molar-refractivity contribution in [3.63, 3.8) is 0 Å². The summed E-state index contributed by atoms with van der Waals surface area (Å²) in [4.78, 5) is 1.84. The molecule has 0 aromatic heterocycles. The standard InChI is InChI=1S/C10H11BrF2N2/c11-7-3-10(9(13)4-8(7)12)15-2-1-6(14)5-15/h3-4,6H,1-2,5,14H2. The maximum Gasteiger partial charge on any atom is 0.149 e. The number of hydrogen-bond acceptors (Lipinski definition) is 2. The number of anilines is 1. The zero-order valence-electron chi connectivity index (χ0n) is 8.01. The highest BCUT2D eigenvalue weighted by Crippen LogP contribution is 2.28. The predicted molar refractivity (Wildman–Crippen MR) is 58.9 cm³/mol. The van der Waals surface area contributed by atoms with Crippen LogP contribution in [-0.2, 0) is 0 Å². The molecule has 1 aliphatic rings. The second-order valence-corrected chi connectivity index (χ2v) is 4.57. The molecule has 1 atom stereocenters. The first kappa shape index (κ1) is 10.8. The van der Waals surface area contributed by atoms with E-state index in [0.29, 0.717) is 12.2 Å². The SMILES string of the molecule is NC1CCN(c2cc(Br)c(F)cc2F)C1. The van der Waals surface area contributed by atoms with E-state index in [-0.39, 0.29) is 10.5 Å². The van der Waals surface area contributed by atoms with Crippen LogP contribution in [0.4, 0.5) is 14.5 Å². The third kappa shape index (κ3) is 2.13. The fourth-order valence-corrected chi connectivity index (χ4v) is 2.09. The average Bonchev–Trinajstić information content (AvgIpc) is 2.58. The van der Waals surface area contributed by atoms with E-state index in [9.17, 15) is 8.78 Å². The lowest BCUT2D eigenvalue weighted by molar-refractivity contribution is 0.577. The van der Waals surface area contributed by atoms with Crippen molar-refractivity contribution in [2.24, 2.45) is 5.73 Å². The monoisotopic (exact) mass is 276 g/mol. The van der Waals surface area contributed by atoms with Gasteiger partial charge in [0.1, 0.15) is 11.6 Å². The molecule has 1 heterocycles. The summed E-state index contributed by atoms with van der Waals surface area (Å²) in [5.74, 6) is -1.12. The van der Waals surface area contributed by atoms with Gasteiger partial charge in [-0.05, 0) is 28.4 Å². The second kappa shape index (κ2) is 4.06. The van der Waals surface area contributed by atoms with E-state index in [2.05, 4.69) is 15.9 Å². The molecule has 2 nitrogen and oxygen atoms in total. The van der Waals surface area contributed by atoms with Gasteiger partial charge in [0, 0.05) is 25.2 Å². The first-order valence-electron chi connectivity index (χ1n) is 4.73. The molecule has 1 aromatic rings. The van der Waals surface area contributed by atoms with E-state index in [1.165, 1.54) is 6.07 Å². The molecular formula is C10H11BrF2N2. The van der Waals surface area contributed by atoms with Crippen LogP contribution in [0.15, 0.2) is 16.6 Å². The largest absolute Gasteiger partial charge is 0.368 e. The van der Waals surface area contributed by atoms with Crippen LogP contribution < -0.4 is 10.6 Å². The van der Waals surface area contributed by atoms with Crippen molar-refractivity contribution < 1.29 is 8.78 Å². The summed E-state index contributed by atoms with van der Waals surface area (Å²) in [6.07, 6.45) is 0.842. The van der Waals surface area contributed by atoms with Gasteiger partial charge in [0.05, 0.1) is 10.2 Å². The molecule has 0 spiro atoms. The number of nitrogens with two attached hydrogens (primary N) is 1. The predicted octanol–water partition coefficient (Wildman–Crippen LogP) is 2.26. The lowest BCUT2D eigenvalue weighted by atomic mass is 10.2. The zero-order valence-corrected chi connectivity index (χ0v) is 9.60. The Labute approximate surface area is 95.2 Å². The van der Waals surface area contributed by atoms with Crippen molar-refractivity contribution in [2.75, 3.05) is 18.0 Å². The minimum absolute atomic E-state index is 0.0771. The average molecular weight is 277 g/mol. The highest BCUT2D eigenvalue weighted by atomic mass is 79.9. The van der Waals surface area contributed by atoms with Gasteiger partial charge in [-0.25, -0.2) is 8.78 Å². The minimum atomic E-state index is -0.584. The quantitative estimate of drug-likeness (QED) is 0.798. The van der Waals surface area contributed by atoms with Gasteiger partial charge in [-0.15, -0.1) is 0 Å². The van der Waals surface area contributed by atoms with Crippen LogP contribution >= 0.6 is 15.9 Å². The van der Waals surface area contributed by atoms with Crippen molar-refractivity contribution >= 4 is 21.6 Å². The van der Waals surface area contributed by atoms with Crippen molar-refractivity contribution in [2.45, 2.75) is 12.5 Å². The zero-order chi connectivity index (χ0) is 11.0. The number of benzene rings is 1. The van der Waals surface area contributed by atoms with Gasteiger partial charge in [-0.2, -0.15) is 0 Å². The lowest BCUT2D eigenvalue weighted by Crippen LogP contribution is -2.26. The highest BCUT2D eigenvalue weighted by molar-refractivity contribution is 9.10. The summed E-state index contributed by atoms with van der Waals surface area (Å²) in [7, 11) is 0. The number of nitrogens with zero attached hydrogens (tertiary/aromatic N) is 1. The molecule has 1 unspecified atom stereocenters. The number of rotatable bonds is 1. The van der Waals surface area contributed by atoms with Gasteiger partial charge in [-0.1, -0.05) is 0 Å². The molecule has 15 heavy (non-hydrogen) atoms. The van der Waals surface area contributed by atoms with Gasteiger partial charge in [0.2, 0.25) is 0 Å². The maximum absolute atomic E-state index is 13.5. The molecule has 1 aliphatic heterocycles.